The molecule has 0 unspecified atom stereocenters. The molecule has 0 bridgehead atoms. The number of hydrogen-bond acceptors (Lipinski definition) is 4. The summed E-state index contributed by atoms with van der Waals surface area (Å²) in [4.78, 5) is 39.8. The van der Waals surface area contributed by atoms with Crippen molar-refractivity contribution in [1.82, 2.24) is 4.90 Å². The molecular formula is C24H30N4O3. The quantitative estimate of drug-likeness (QED) is 0.743. The summed E-state index contributed by atoms with van der Waals surface area (Å²) in [6, 6.07) is 14.3. The Morgan fingerprint density at radius 3 is 2.03 bits per heavy atom. The number of benzene rings is 2. The second-order valence-electron chi connectivity index (χ2n) is 7.81. The number of hydrogen-bond donors (Lipinski definition) is 2. The number of carbonyl (C=O) groups excluding carboxylic acids is 3. The van der Waals surface area contributed by atoms with E-state index in [2.05, 4.69) is 10.6 Å². The third-order valence-electron chi connectivity index (χ3n) is 5.49. The Kier molecular flexibility index (Phi) is 7.65. The van der Waals surface area contributed by atoms with Crippen molar-refractivity contribution in [3.05, 3.63) is 54.1 Å². The van der Waals surface area contributed by atoms with Crippen LogP contribution in [-0.4, -0.2) is 49.3 Å². The minimum Gasteiger partial charge on any atom is -0.376 e. The van der Waals surface area contributed by atoms with Gasteiger partial charge in [-0.25, -0.2) is 0 Å². The first-order valence-corrected chi connectivity index (χ1v) is 10.7. The van der Waals surface area contributed by atoms with Crippen LogP contribution >= 0.6 is 0 Å². The molecule has 7 nitrogen and oxygen atoms in total. The third-order valence-corrected chi connectivity index (χ3v) is 5.49. The second-order valence-corrected chi connectivity index (χ2v) is 7.81. The minimum atomic E-state index is -0.184. The number of rotatable bonds is 6. The number of nitrogens with one attached hydrogen (secondary N) is 2. The first-order valence-electron chi connectivity index (χ1n) is 10.7. The van der Waals surface area contributed by atoms with Gasteiger partial charge < -0.3 is 20.4 Å². The van der Waals surface area contributed by atoms with Gasteiger partial charge >= 0.3 is 0 Å². The Labute approximate surface area is 183 Å². The molecule has 1 saturated heterocycles. The molecule has 0 aliphatic carbocycles. The Bertz CT molecular complexity index is 901. The van der Waals surface area contributed by atoms with Gasteiger partial charge in [0.2, 0.25) is 11.8 Å². The predicted molar refractivity (Wildman–Crippen MR) is 123 cm³/mol. The van der Waals surface area contributed by atoms with Crippen molar-refractivity contribution in [3.63, 3.8) is 0 Å². The van der Waals surface area contributed by atoms with E-state index in [1.165, 1.54) is 19.8 Å². The third kappa shape index (κ3) is 6.31. The van der Waals surface area contributed by atoms with Crippen LogP contribution in [0.15, 0.2) is 48.5 Å². The van der Waals surface area contributed by atoms with Gasteiger partial charge in [-0.1, -0.05) is 12.8 Å². The van der Waals surface area contributed by atoms with Gasteiger partial charge in [0.05, 0.1) is 6.54 Å². The molecule has 3 rings (SSSR count). The summed E-state index contributed by atoms with van der Waals surface area (Å²) >= 11 is 0. The lowest BCUT2D eigenvalue weighted by Crippen LogP contribution is -2.31. The normalized spacial score (nSPS) is 13.8. The summed E-state index contributed by atoms with van der Waals surface area (Å²) in [6.45, 7) is 3.24. The van der Waals surface area contributed by atoms with Gasteiger partial charge in [0, 0.05) is 49.7 Å². The summed E-state index contributed by atoms with van der Waals surface area (Å²) in [7, 11) is 1.71. The van der Waals surface area contributed by atoms with Crippen LogP contribution in [0.5, 0.6) is 0 Å². The largest absolute Gasteiger partial charge is 0.376 e. The highest BCUT2D eigenvalue weighted by Crippen LogP contribution is 2.18. The van der Waals surface area contributed by atoms with Crippen LogP contribution in [0, 0.1) is 0 Å². The fourth-order valence-corrected chi connectivity index (χ4v) is 3.52. The molecule has 1 fully saturated rings. The van der Waals surface area contributed by atoms with Gasteiger partial charge in [0.15, 0.2) is 0 Å². The molecule has 164 valence electrons. The van der Waals surface area contributed by atoms with Gasteiger partial charge in [-0.05, 0) is 61.4 Å². The molecule has 0 radical (unpaired) electrons. The Morgan fingerprint density at radius 2 is 1.45 bits per heavy atom. The molecule has 2 N–H and O–H groups in total. The zero-order valence-electron chi connectivity index (χ0n) is 18.2. The van der Waals surface area contributed by atoms with Crippen molar-refractivity contribution >= 4 is 34.8 Å². The lowest BCUT2D eigenvalue weighted by Gasteiger charge is -2.20. The zero-order chi connectivity index (χ0) is 22.2. The molecule has 1 aliphatic rings. The Hall–Kier alpha value is -3.35. The molecule has 0 aromatic heterocycles. The number of nitrogens with zero attached hydrogens (tertiary/aromatic N) is 2. The van der Waals surface area contributed by atoms with Crippen molar-refractivity contribution in [2.45, 2.75) is 32.6 Å². The summed E-state index contributed by atoms with van der Waals surface area (Å²) in [5, 5.41) is 5.90. The lowest BCUT2D eigenvalue weighted by atomic mass is 10.1. The summed E-state index contributed by atoms with van der Waals surface area (Å²) in [5.74, 6) is -0.170. The Balaban J connectivity index is 1.49. The molecule has 1 heterocycles. The minimum absolute atomic E-state index is 0.0424. The number of carbonyl (C=O) groups is 3. The van der Waals surface area contributed by atoms with Gasteiger partial charge in [0.1, 0.15) is 0 Å². The fourth-order valence-electron chi connectivity index (χ4n) is 3.52. The van der Waals surface area contributed by atoms with E-state index < -0.39 is 0 Å². The van der Waals surface area contributed by atoms with Crippen molar-refractivity contribution in [1.29, 1.82) is 0 Å². The van der Waals surface area contributed by atoms with Crippen LogP contribution in [0.2, 0.25) is 0 Å². The van der Waals surface area contributed by atoms with Crippen LogP contribution in [0.25, 0.3) is 0 Å². The van der Waals surface area contributed by atoms with Gasteiger partial charge in [-0.3, -0.25) is 14.4 Å². The van der Waals surface area contributed by atoms with Crippen molar-refractivity contribution in [2.24, 2.45) is 0 Å². The SMILES string of the molecule is CC(=O)N(C)c1ccc(NCC(=O)Nc2ccc(C(=O)N3CCCCCC3)cc2)cc1. The molecule has 31 heavy (non-hydrogen) atoms. The molecule has 0 atom stereocenters. The highest BCUT2D eigenvalue weighted by atomic mass is 16.2. The number of likely N-dealkylation sites (tertiary alicyclic amines) is 1. The van der Waals surface area contributed by atoms with E-state index in [0.717, 1.165) is 37.3 Å². The van der Waals surface area contributed by atoms with E-state index in [1.54, 1.807) is 36.2 Å². The average molecular weight is 423 g/mol. The van der Waals surface area contributed by atoms with Crippen LogP contribution in [0.4, 0.5) is 17.1 Å². The molecular weight excluding hydrogens is 392 g/mol. The van der Waals surface area contributed by atoms with Crippen LogP contribution in [-0.2, 0) is 9.59 Å². The van der Waals surface area contributed by atoms with Gasteiger partial charge in [0.25, 0.3) is 5.91 Å². The van der Waals surface area contributed by atoms with E-state index in [-0.39, 0.29) is 24.3 Å². The molecule has 7 heteroatoms. The topological polar surface area (TPSA) is 81.8 Å². The number of anilines is 3. The van der Waals surface area contributed by atoms with Crippen LogP contribution in [0.3, 0.4) is 0 Å². The maximum absolute atomic E-state index is 12.7. The maximum atomic E-state index is 12.7. The van der Waals surface area contributed by atoms with E-state index in [9.17, 15) is 14.4 Å². The monoisotopic (exact) mass is 422 g/mol. The standard InChI is InChI=1S/C24H30N4O3/c1-18(29)27(2)22-13-11-20(12-14-22)25-17-23(30)26-21-9-7-19(8-10-21)24(31)28-15-5-3-4-6-16-28/h7-14,25H,3-6,15-17H2,1-2H3,(H,26,30). The maximum Gasteiger partial charge on any atom is 0.253 e. The first-order chi connectivity index (χ1) is 14.9. The lowest BCUT2D eigenvalue weighted by molar-refractivity contribution is -0.116. The molecule has 0 saturated carbocycles. The molecule has 0 spiro atoms. The predicted octanol–water partition coefficient (Wildman–Crippen LogP) is 3.74. The van der Waals surface area contributed by atoms with Gasteiger partial charge in [-0.2, -0.15) is 0 Å². The van der Waals surface area contributed by atoms with Gasteiger partial charge in [-0.15, -0.1) is 0 Å². The average Bonchev–Trinajstić information content (AvgIpc) is 3.07. The smallest absolute Gasteiger partial charge is 0.253 e. The summed E-state index contributed by atoms with van der Waals surface area (Å²) in [5.41, 5.74) is 2.87. The summed E-state index contributed by atoms with van der Waals surface area (Å²) in [6.07, 6.45) is 4.48. The zero-order valence-corrected chi connectivity index (χ0v) is 18.2. The highest BCUT2D eigenvalue weighted by molar-refractivity contribution is 5.97. The Morgan fingerprint density at radius 1 is 0.871 bits per heavy atom. The summed E-state index contributed by atoms with van der Waals surface area (Å²) < 4.78 is 0. The van der Waals surface area contributed by atoms with Crippen molar-refractivity contribution in [2.75, 3.05) is 42.2 Å². The van der Waals surface area contributed by atoms with Crippen molar-refractivity contribution in [3.8, 4) is 0 Å². The van der Waals surface area contributed by atoms with E-state index >= 15 is 0 Å². The van der Waals surface area contributed by atoms with Crippen LogP contribution < -0.4 is 15.5 Å². The first kappa shape index (κ1) is 22.3. The van der Waals surface area contributed by atoms with Crippen molar-refractivity contribution < 1.29 is 14.4 Å². The molecule has 2 aromatic rings. The molecule has 1 aliphatic heterocycles. The molecule has 3 amide bonds. The van der Waals surface area contributed by atoms with Crippen LogP contribution in [0.1, 0.15) is 43.0 Å². The molecule has 2 aromatic carbocycles. The van der Waals surface area contributed by atoms with E-state index in [0.29, 0.717) is 11.3 Å². The number of amides is 3. The van der Waals surface area contributed by atoms with E-state index in [1.807, 2.05) is 29.2 Å². The van der Waals surface area contributed by atoms with E-state index in [4.69, 9.17) is 0 Å². The highest BCUT2D eigenvalue weighted by Gasteiger charge is 2.17. The second kappa shape index (κ2) is 10.6. The fraction of sp³-hybridized carbons (Fsp3) is 0.375.